The molecule has 2 heterocycles. The van der Waals surface area contributed by atoms with Gasteiger partial charge in [0.2, 0.25) is 0 Å². The molecule has 2 aliphatic rings. The summed E-state index contributed by atoms with van der Waals surface area (Å²) < 4.78 is 11.8. The Morgan fingerprint density at radius 1 is 0.939 bits per heavy atom. The minimum Gasteiger partial charge on any atom is -0.494 e. The Labute approximate surface area is 206 Å². The molecule has 1 amide bonds. The number of benzene rings is 1. The van der Waals surface area contributed by atoms with Crippen LogP contribution in [-0.4, -0.2) is 67.9 Å². The molecule has 0 radical (unpaired) electrons. The number of anilines is 1. The van der Waals surface area contributed by atoms with Gasteiger partial charge in [-0.15, -0.1) is 12.4 Å². The van der Waals surface area contributed by atoms with E-state index < -0.39 is 0 Å². The van der Waals surface area contributed by atoms with Crippen molar-refractivity contribution >= 4 is 24.2 Å². The third-order valence-electron chi connectivity index (χ3n) is 6.44. The minimum atomic E-state index is -0.371. The lowest BCUT2D eigenvalue weighted by atomic mass is 10.1. The number of piperidine rings is 2. The third-order valence-corrected chi connectivity index (χ3v) is 6.44. The SMILES string of the molecule is CCCCCCOc1cccc(NC(=O)OC(CN2CCCCC2)CN2CCCCC2)c1.Cl. The fourth-order valence-corrected chi connectivity index (χ4v) is 4.67. The van der Waals surface area contributed by atoms with Crippen LogP contribution >= 0.6 is 12.4 Å². The fourth-order valence-electron chi connectivity index (χ4n) is 4.67. The minimum absolute atomic E-state index is 0. The number of hydrogen-bond acceptors (Lipinski definition) is 5. The molecule has 1 N–H and O–H groups in total. The number of carbonyl (C=O) groups excluding carboxylic acids is 1. The van der Waals surface area contributed by atoms with E-state index in [4.69, 9.17) is 9.47 Å². The smallest absolute Gasteiger partial charge is 0.411 e. The van der Waals surface area contributed by atoms with E-state index in [1.54, 1.807) is 0 Å². The second-order valence-electron chi connectivity index (χ2n) is 9.31. The van der Waals surface area contributed by atoms with E-state index in [0.29, 0.717) is 6.61 Å². The first-order chi connectivity index (χ1) is 15.7. The van der Waals surface area contributed by atoms with Gasteiger partial charge in [-0.1, -0.05) is 45.1 Å². The highest BCUT2D eigenvalue weighted by Gasteiger charge is 2.23. The number of ether oxygens (including phenoxy) is 2. The molecule has 1 aromatic rings. The molecule has 0 unspecified atom stereocenters. The van der Waals surface area contributed by atoms with Crippen LogP contribution in [0.25, 0.3) is 0 Å². The van der Waals surface area contributed by atoms with E-state index in [1.807, 2.05) is 24.3 Å². The maximum absolute atomic E-state index is 12.7. The van der Waals surface area contributed by atoms with E-state index in [9.17, 15) is 4.79 Å². The van der Waals surface area contributed by atoms with Gasteiger partial charge in [0, 0.05) is 24.8 Å². The Bertz CT molecular complexity index is 644. The Kier molecular flexibility index (Phi) is 13.6. The summed E-state index contributed by atoms with van der Waals surface area (Å²) in [5.41, 5.74) is 0.718. The maximum Gasteiger partial charge on any atom is 0.411 e. The van der Waals surface area contributed by atoms with E-state index >= 15 is 0 Å². The zero-order valence-corrected chi connectivity index (χ0v) is 21.3. The monoisotopic (exact) mass is 481 g/mol. The molecule has 188 valence electrons. The quantitative estimate of drug-likeness (QED) is 0.373. The van der Waals surface area contributed by atoms with Crippen molar-refractivity contribution in [2.75, 3.05) is 51.2 Å². The highest BCUT2D eigenvalue weighted by molar-refractivity contribution is 5.85. The number of nitrogens with one attached hydrogen (secondary N) is 1. The average molecular weight is 482 g/mol. The summed E-state index contributed by atoms with van der Waals surface area (Å²) in [6, 6.07) is 7.61. The summed E-state index contributed by atoms with van der Waals surface area (Å²) in [6.07, 6.45) is 11.8. The van der Waals surface area contributed by atoms with Gasteiger partial charge in [0.05, 0.1) is 6.61 Å². The number of hydrogen-bond donors (Lipinski definition) is 1. The molecule has 0 spiro atoms. The summed E-state index contributed by atoms with van der Waals surface area (Å²) in [7, 11) is 0. The standard InChI is InChI=1S/C26H43N3O3.ClH/c1-2-3-4-11-19-31-24-14-12-13-23(20-24)27-26(30)32-25(21-28-15-7-5-8-16-28)22-29-17-9-6-10-18-29;/h12-14,20,25H,2-11,15-19,21-22H2,1H3,(H,27,30);1H. The third kappa shape index (κ3) is 11.0. The number of likely N-dealkylation sites (tertiary alicyclic amines) is 2. The summed E-state index contributed by atoms with van der Waals surface area (Å²) in [5.74, 6) is 0.789. The van der Waals surface area contributed by atoms with E-state index in [0.717, 1.165) is 57.1 Å². The Morgan fingerprint density at radius 2 is 1.58 bits per heavy atom. The second kappa shape index (κ2) is 16.2. The molecule has 6 nitrogen and oxygen atoms in total. The molecule has 0 aliphatic carbocycles. The predicted molar refractivity (Wildman–Crippen MR) is 138 cm³/mol. The maximum atomic E-state index is 12.7. The average Bonchev–Trinajstić information content (AvgIpc) is 2.80. The molecule has 0 bridgehead atoms. The highest BCUT2D eigenvalue weighted by Crippen LogP contribution is 2.19. The number of rotatable bonds is 12. The molecule has 0 atom stereocenters. The van der Waals surface area contributed by atoms with Crippen LogP contribution in [0.5, 0.6) is 5.75 Å². The van der Waals surface area contributed by atoms with Crippen molar-refractivity contribution in [3.63, 3.8) is 0 Å². The van der Waals surface area contributed by atoms with Crippen LogP contribution in [-0.2, 0) is 4.74 Å². The first kappa shape index (κ1) is 27.7. The van der Waals surface area contributed by atoms with E-state index in [2.05, 4.69) is 22.0 Å². The topological polar surface area (TPSA) is 54.0 Å². The van der Waals surface area contributed by atoms with Gasteiger partial charge in [-0.3, -0.25) is 15.1 Å². The lowest BCUT2D eigenvalue weighted by Gasteiger charge is -2.34. The van der Waals surface area contributed by atoms with Crippen LogP contribution in [0.4, 0.5) is 10.5 Å². The van der Waals surface area contributed by atoms with Crippen molar-refractivity contribution in [2.45, 2.75) is 77.2 Å². The number of unbranched alkanes of at least 4 members (excludes halogenated alkanes) is 3. The predicted octanol–water partition coefficient (Wildman–Crippen LogP) is 5.96. The van der Waals surface area contributed by atoms with Gasteiger partial charge in [0.25, 0.3) is 0 Å². The van der Waals surface area contributed by atoms with E-state index in [1.165, 1.54) is 57.8 Å². The number of nitrogens with zero attached hydrogens (tertiary/aromatic N) is 2. The van der Waals surface area contributed by atoms with Crippen LogP contribution < -0.4 is 10.1 Å². The van der Waals surface area contributed by atoms with Gasteiger partial charge < -0.3 is 9.47 Å². The number of carbonyl (C=O) groups is 1. The molecule has 2 saturated heterocycles. The first-order valence-corrected chi connectivity index (χ1v) is 12.9. The van der Waals surface area contributed by atoms with Crippen molar-refractivity contribution < 1.29 is 14.3 Å². The summed E-state index contributed by atoms with van der Waals surface area (Å²) in [4.78, 5) is 17.7. The molecular formula is C26H44ClN3O3. The lowest BCUT2D eigenvalue weighted by molar-refractivity contribution is 0.0438. The summed E-state index contributed by atoms with van der Waals surface area (Å²) in [6.45, 7) is 9.01. The fraction of sp³-hybridized carbons (Fsp3) is 0.731. The molecule has 0 aromatic heterocycles. The highest BCUT2D eigenvalue weighted by atomic mass is 35.5. The molecular weight excluding hydrogens is 438 g/mol. The van der Waals surface area contributed by atoms with Gasteiger partial charge in [-0.25, -0.2) is 4.79 Å². The van der Waals surface area contributed by atoms with Gasteiger partial charge >= 0.3 is 6.09 Å². The molecule has 33 heavy (non-hydrogen) atoms. The van der Waals surface area contributed by atoms with Crippen LogP contribution in [0.2, 0.25) is 0 Å². The van der Waals surface area contributed by atoms with Crippen LogP contribution in [0.15, 0.2) is 24.3 Å². The zero-order valence-electron chi connectivity index (χ0n) is 20.4. The Hall–Kier alpha value is -1.50. The molecule has 2 fully saturated rings. The van der Waals surface area contributed by atoms with Crippen molar-refractivity contribution in [3.8, 4) is 5.75 Å². The van der Waals surface area contributed by atoms with Crippen LogP contribution in [0.1, 0.15) is 71.1 Å². The molecule has 2 aliphatic heterocycles. The largest absolute Gasteiger partial charge is 0.494 e. The number of amides is 1. The van der Waals surface area contributed by atoms with Crippen molar-refractivity contribution in [1.82, 2.24) is 9.80 Å². The Morgan fingerprint density at radius 3 is 2.18 bits per heavy atom. The van der Waals surface area contributed by atoms with Crippen molar-refractivity contribution in [1.29, 1.82) is 0 Å². The second-order valence-corrected chi connectivity index (χ2v) is 9.31. The molecule has 1 aromatic carbocycles. The van der Waals surface area contributed by atoms with Crippen LogP contribution in [0.3, 0.4) is 0 Å². The normalized spacial score (nSPS) is 17.4. The van der Waals surface area contributed by atoms with Gasteiger partial charge in [0.1, 0.15) is 11.9 Å². The molecule has 0 saturated carbocycles. The van der Waals surface area contributed by atoms with Crippen molar-refractivity contribution in [2.24, 2.45) is 0 Å². The van der Waals surface area contributed by atoms with Crippen molar-refractivity contribution in [3.05, 3.63) is 24.3 Å². The summed E-state index contributed by atoms with van der Waals surface area (Å²) >= 11 is 0. The van der Waals surface area contributed by atoms with Gasteiger partial charge in [0.15, 0.2) is 0 Å². The molecule has 3 rings (SSSR count). The molecule has 7 heteroatoms. The van der Waals surface area contributed by atoms with Crippen LogP contribution in [0, 0.1) is 0 Å². The summed E-state index contributed by atoms with van der Waals surface area (Å²) in [5, 5.41) is 2.92. The zero-order chi connectivity index (χ0) is 22.4. The van der Waals surface area contributed by atoms with Gasteiger partial charge in [-0.2, -0.15) is 0 Å². The Balaban J connectivity index is 0.00000385. The number of halogens is 1. The van der Waals surface area contributed by atoms with Gasteiger partial charge in [-0.05, 0) is 70.4 Å². The lowest BCUT2D eigenvalue weighted by Crippen LogP contribution is -2.45. The first-order valence-electron chi connectivity index (χ1n) is 12.9. The van der Waals surface area contributed by atoms with E-state index in [-0.39, 0.29) is 24.6 Å².